The van der Waals surface area contributed by atoms with Crippen LogP contribution in [0.1, 0.15) is 18.6 Å². The monoisotopic (exact) mass is 159 g/mol. The van der Waals surface area contributed by atoms with Crippen molar-refractivity contribution in [3.05, 3.63) is 24.2 Å². The van der Waals surface area contributed by atoms with E-state index >= 15 is 0 Å². The number of hydrogen-bond acceptors (Lipinski definition) is 2. The van der Waals surface area contributed by atoms with Gasteiger partial charge in [-0.3, -0.25) is 0 Å². The molecular weight excluding hydrogens is 150 g/mol. The van der Waals surface area contributed by atoms with E-state index in [0.29, 0.717) is 0 Å². The molecule has 56 valence electrons. The number of rotatable bonds is 1. The van der Waals surface area contributed by atoms with Crippen LogP contribution in [0.3, 0.4) is 0 Å². The molecular formula is C7H10ClNO. The fourth-order valence-electron chi connectivity index (χ4n) is 0.943. The van der Waals surface area contributed by atoms with E-state index in [1.165, 1.54) is 0 Å². The molecule has 1 saturated carbocycles. The molecule has 1 heterocycles. The molecule has 2 nitrogen and oxygen atoms in total. The van der Waals surface area contributed by atoms with Gasteiger partial charge in [-0.2, -0.15) is 0 Å². The maximum absolute atomic E-state index is 5.82. The van der Waals surface area contributed by atoms with Crippen LogP contribution in [-0.4, -0.2) is 0 Å². The van der Waals surface area contributed by atoms with E-state index < -0.39 is 0 Å². The summed E-state index contributed by atoms with van der Waals surface area (Å²) in [4.78, 5) is 0. The Balaban J connectivity index is 0.000000500. The SMILES string of the molecule is Cl.NC1(c2ccco2)CC1. The minimum absolute atomic E-state index is 0. The molecule has 0 bridgehead atoms. The van der Waals surface area contributed by atoms with Crippen LogP contribution < -0.4 is 5.73 Å². The van der Waals surface area contributed by atoms with E-state index in [9.17, 15) is 0 Å². The van der Waals surface area contributed by atoms with Gasteiger partial charge >= 0.3 is 0 Å². The van der Waals surface area contributed by atoms with Crippen LogP contribution in [0.25, 0.3) is 0 Å². The molecule has 1 aliphatic carbocycles. The van der Waals surface area contributed by atoms with Gasteiger partial charge < -0.3 is 10.2 Å². The first kappa shape index (κ1) is 7.63. The van der Waals surface area contributed by atoms with E-state index in [1.807, 2.05) is 12.1 Å². The van der Waals surface area contributed by atoms with Gasteiger partial charge in [0, 0.05) is 0 Å². The lowest BCUT2D eigenvalue weighted by molar-refractivity contribution is 0.457. The Morgan fingerprint density at radius 2 is 2.20 bits per heavy atom. The Hall–Kier alpha value is -0.470. The quantitative estimate of drug-likeness (QED) is 0.677. The summed E-state index contributed by atoms with van der Waals surface area (Å²) in [7, 11) is 0. The van der Waals surface area contributed by atoms with Gasteiger partial charge in [-0.15, -0.1) is 12.4 Å². The molecule has 0 spiro atoms. The maximum atomic E-state index is 5.82. The topological polar surface area (TPSA) is 39.2 Å². The molecule has 2 N–H and O–H groups in total. The summed E-state index contributed by atoms with van der Waals surface area (Å²) in [5, 5.41) is 0. The van der Waals surface area contributed by atoms with Crippen LogP contribution in [0.5, 0.6) is 0 Å². The van der Waals surface area contributed by atoms with Gasteiger partial charge in [0.1, 0.15) is 5.76 Å². The molecule has 10 heavy (non-hydrogen) atoms. The van der Waals surface area contributed by atoms with Crippen LogP contribution in [0, 0.1) is 0 Å². The van der Waals surface area contributed by atoms with E-state index in [-0.39, 0.29) is 17.9 Å². The molecule has 3 heteroatoms. The van der Waals surface area contributed by atoms with Crippen LogP contribution >= 0.6 is 12.4 Å². The minimum Gasteiger partial charge on any atom is -0.467 e. The fraction of sp³-hybridized carbons (Fsp3) is 0.429. The number of hydrogen-bond donors (Lipinski definition) is 1. The van der Waals surface area contributed by atoms with Crippen molar-refractivity contribution in [2.24, 2.45) is 5.73 Å². The van der Waals surface area contributed by atoms with Crippen molar-refractivity contribution in [3.63, 3.8) is 0 Å². The van der Waals surface area contributed by atoms with Crippen molar-refractivity contribution >= 4 is 12.4 Å². The van der Waals surface area contributed by atoms with Crippen LogP contribution in [-0.2, 0) is 5.54 Å². The van der Waals surface area contributed by atoms with Crippen LogP contribution in [0.15, 0.2) is 22.8 Å². The van der Waals surface area contributed by atoms with Crippen molar-refractivity contribution in [1.29, 1.82) is 0 Å². The first-order valence-corrected chi connectivity index (χ1v) is 3.14. The zero-order chi connectivity index (χ0) is 6.32. The van der Waals surface area contributed by atoms with Gasteiger partial charge in [-0.1, -0.05) is 0 Å². The van der Waals surface area contributed by atoms with Gasteiger partial charge in [0.2, 0.25) is 0 Å². The second kappa shape index (κ2) is 2.29. The molecule has 1 fully saturated rings. The second-order valence-electron chi connectivity index (χ2n) is 2.63. The summed E-state index contributed by atoms with van der Waals surface area (Å²) in [6, 6.07) is 3.81. The summed E-state index contributed by atoms with van der Waals surface area (Å²) in [6.07, 6.45) is 3.81. The van der Waals surface area contributed by atoms with Crippen molar-refractivity contribution in [1.82, 2.24) is 0 Å². The molecule has 0 aliphatic heterocycles. The lowest BCUT2D eigenvalue weighted by atomic mass is 10.2. The fourth-order valence-corrected chi connectivity index (χ4v) is 0.943. The Labute approximate surface area is 65.8 Å². The Bertz CT molecular complexity index is 203. The second-order valence-corrected chi connectivity index (χ2v) is 2.63. The van der Waals surface area contributed by atoms with Gasteiger partial charge in [0.25, 0.3) is 0 Å². The van der Waals surface area contributed by atoms with E-state index in [0.717, 1.165) is 18.6 Å². The zero-order valence-corrected chi connectivity index (χ0v) is 6.36. The molecule has 1 aromatic heterocycles. The van der Waals surface area contributed by atoms with Gasteiger partial charge in [0.15, 0.2) is 0 Å². The number of furan rings is 1. The van der Waals surface area contributed by atoms with E-state index in [2.05, 4.69) is 0 Å². The third-order valence-electron chi connectivity index (χ3n) is 1.80. The smallest absolute Gasteiger partial charge is 0.123 e. The highest BCUT2D eigenvalue weighted by Crippen LogP contribution is 2.42. The first-order valence-electron chi connectivity index (χ1n) is 3.14. The molecule has 0 unspecified atom stereocenters. The van der Waals surface area contributed by atoms with Crippen molar-refractivity contribution < 1.29 is 4.42 Å². The van der Waals surface area contributed by atoms with Crippen LogP contribution in [0.2, 0.25) is 0 Å². The van der Waals surface area contributed by atoms with Gasteiger partial charge in [-0.05, 0) is 25.0 Å². The van der Waals surface area contributed by atoms with E-state index in [4.69, 9.17) is 10.2 Å². The molecule has 1 aliphatic rings. The van der Waals surface area contributed by atoms with Gasteiger partial charge in [-0.25, -0.2) is 0 Å². The first-order chi connectivity index (χ1) is 4.31. The summed E-state index contributed by atoms with van der Waals surface area (Å²) in [5.41, 5.74) is 5.72. The Morgan fingerprint density at radius 3 is 2.60 bits per heavy atom. The largest absolute Gasteiger partial charge is 0.467 e. The molecule has 0 atom stereocenters. The third kappa shape index (κ3) is 1.04. The highest BCUT2D eigenvalue weighted by Gasteiger charge is 2.42. The predicted molar refractivity (Wildman–Crippen MR) is 41.1 cm³/mol. The molecule has 0 saturated heterocycles. The molecule has 0 aromatic carbocycles. The molecule has 0 radical (unpaired) electrons. The Morgan fingerprint density at radius 1 is 1.50 bits per heavy atom. The van der Waals surface area contributed by atoms with Gasteiger partial charge in [0.05, 0.1) is 11.8 Å². The highest BCUT2D eigenvalue weighted by atomic mass is 35.5. The molecule has 0 amide bonds. The highest BCUT2D eigenvalue weighted by molar-refractivity contribution is 5.85. The lowest BCUT2D eigenvalue weighted by Crippen LogP contribution is -2.17. The minimum atomic E-state index is -0.0938. The van der Waals surface area contributed by atoms with E-state index in [1.54, 1.807) is 6.26 Å². The normalized spacial score (nSPS) is 19.7. The number of halogens is 1. The zero-order valence-electron chi connectivity index (χ0n) is 5.54. The standard InChI is InChI=1S/C7H9NO.ClH/c8-7(3-4-7)6-2-1-5-9-6;/h1-2,5H,3-4,8H2;1H. The van der Waals surface area contributed by atoms with Crippen LogP contribution in [0.4, 0.5) is 0 Å². The van der Waals surface area contributed by atoms with Crippen molar-refractivity contribution in [3.8, 4) is 0 Å². The summed E-state index contributed by atoms with van der Waals surface area (Å²) in [6.45, 7) is 0. The average Bonchev–Trinajstić information content (AvgIpc) is 2.46. The average molecular weight is 160 g/mol. The lowest BCUT2D eigenvalue weighted by Gasteiger charge is -2.00. The summed E-state index contributed by atoms with van der Waals surface area (Å²) >= 11 is 0. The van der Waals surface area contributed by atoms with Crippen molar-refractivity contribution in [2.75, 3.05) is 0 Å². The predicted octanol–water partition coefficient (Wildman–Crippen LogP) is 1.65. The number of nitrogens with two attached hydrogens (primary N) is 1. The molecule has 2 rings (SSSR count). The third-order valence-corrected chi connectivity index (χ3v) is 1.80. The van der Waals surface area contributed by atoms with Crippen molar-refractivity contribution in [2.45, 2.75) is 18.4 Å². The molecule has 1 aromatic rings. The maximum Gasteiger partial charge on any atom is 0.123 e. The summed E-state index contributed by atoms with van der Waals surface area (Å²) < 4.78 is 5.14. The summed E-state index contributed by atoms with van der Waals surface area (Å²) in [5.74, 6) is 0.933. The Kier molecular flexibility index (Phi) is 1.75.